The number of esters is 1. The molecule has 0 atom stereocenters. The summed E-state index contributed by atoms with van der Waals surface area (Å²) in [5.41, 5.74) is 0. The van der Waals surface area contributed by atoms with Crippen LogP contribution in [0.25, 0.3) is 0 Å². The van der Waals surface area contributed by atoms with E-state index in [4.69, 9.17) is 4.74 Å². The van der Waals surface area contributed by atoms with Crippen LogP contribution in [0.5, 0.6) is 0 Å². The van der Waals surface area contributed by atoms with Crippen LogP contribution in [0.4, 0.5) is 0 Å². The Bertz CT molecular complexity index is 195. The van der Waals surface area contributed by atoms with Crippen LogP contribution in [0, 0.1) is 11.8 Å². The van der Waals surface area contributed by atoms with Crippen molar-refractivity contribution < 1.29 is 9.53 Å². The molecule has 0 bridgehead atoms. The van der Waals surface area contributed by atoms with Crippen LogP contribution >= 0.6 is 0 Å². The summed E-state index contributed by atoms with van der Waals surface area (Å²) in [7, 11) is 0. The minimum absolute atomic E-state index is 0.0344. The van der Waals surface area contributed by atoms with Gasteiger partial charge < -0.3 is 10.1 Å². The summed E-state index contributed by atoms with van der Waals surface area (Å²) >= 11 is 0. The van der Waals surface area contributed by atoms with Crippen molar-refractivity contribution in [3.05, 3.63) is 0 Å². The fourth-order valence-corrected chi connectivity index (χ4v) is 1.91. The van der Waals surface area contributed by atoms with Gasteiger partial charge in [0.05, 0.1) is 12.5 Å². The third kappa shape index (κ3) is 2.98. The molecule has 1 heterocycles. The van der Waals surface area contributed by atoms with E-state index in [1.807, 2.05) is 0 Å². The highest BCUT2D eigenvalue weighted by atomic mass is 16.5. The Morgan fingerprint density at radius 2 is 1.93 bits per heavy atom. The Hall–Kier alpha value is -0.570. The molecular formula is C11H19NO2. The van der Waals surface area contributed by atoms with Gasteiger partial charge in [-0.05, 0) is 38.3 Å². The molecule has 0 amide bonds. The fraction of sp³-hybridized carbons (Fsp3) is 0.909. The molecule has 0 radical (unpaired) electrons. The standard InChI is InChI=1S/C11H19NO2/c13-11(10-3-6-12-7-4-10)14-8-5-9-1-2-9/h9-10,12H,1-8H2. The zero-order valence-corrected chi connectivity index (χ0v) is 8.63. The van der Waals surface area contributed by atoms with Crippen LogP contribution in [0.3, 0.4) is 0 Å². The smallest absolute Gasteiger partial charge is 0.309 e. The Morgan fingerprint density at radius 1 is 1.21 bits per heavy atom. The highest BCUT2D eigenvalue weighted by molar-refractivity contribution is 5.72. The third-order valence-corrected chi connectivity index (χ3v) is 3.14. The molecule has 14 heavy (non-hydrogen) atoms. The van der Waals surface area contributed by atoms with Gasteiger partial charge in [0, 0.05) is 0 Å². The summed E-state index contributed by atoms with van der Waals surface area (Å²) < 4.78 is 5.27. The third-order valence-electron chi connectivity index (χ3n) is 3.14. The van der Waals surface area contributed by atoms with Crippen molar-refractivity contribution >= 4 is 5.97 Å². The molecule has 2 aliphatic rings. The Balaban J connectivity index is 1.60. The summed E-state index contributed by atoms with van der Waals surface area (Å²) in [5, 5.41) is 3.25. The van der Waals surface area contributed by atoms with Crippen LogP contribution in [-0.4, -0.2) is 25.7 Å². The molecule has 0 aromatic carbocycles. The first-order valence-electron chi connectivity index (χ1n) is 5.73. The molecule has 3 heteroatoms. The van der Waals surface area contributed by atoms with Gasteiger partial charge in [0.25, 0.3) is 0 Å². The lowest BCUT2D eigenvalue weighted by molar-refractivity contribution is -0.149. The number of rotatable bonds is 4. The molecule has 0 aromatic rings. The zero-order chi connectivity index (χ0) is 9.80. The predicted molar refractivity (Wildman–Crippen MR) is 53.9 cm³/mol. The van der Waals surface area contributed by atoms with Crippen LogP contribution in [0.1, 0.15) is 32.1 Å². The molecule has 3 nitrogen and oxygen atoms in total. The van der Waals surface area contributed by atoms with Gasteiger partial charge in [-0.25, -0.2) is 0 Å². The van der Waals surface area contributed by atoms with Gasteiger partial charge >= 0.3 is 5.97 Å². The topological polar surface area (TPSA) is 38.3 Å². The van der Waals surface area contributed by atoms with Gasteiger partial charge in [-0.3, -0.25) is 4.79 Å². The van der Waals surface area contributed by atoms with E-state index >= 15 is 0 Å². The largest absolute Gasteiger partial charge is 0.465 e. The highest BCUT2D eigenvalue weighted by Crippen LogP contribution is 2.32. The monoisotopic (exact) mass is 197 g/mol. The highest BCUT2D eigenvalue weighted by Gasteiger charge is 2.24. The molecule has 0 aromatic heterocycles. The SMILES string of the molecule is O=C(OCCC1CC1)C1CCNCC1. The molecule has 1 aliphatic carbocycles. The van der Waals surface area contributed by atoms with E-state index in [0.717, 1.165) is 38.3 Å². The summed E-state index contributed by atoms with van der Waals surface area (Å²) in [4.78, 5) is 11.5. The number of hydrogen-bond donors (Lipinski definition) is 1. The average molecular weight is 197 g/mol. The molecular weight excluding hydrogens is 178 g/mol. The summed E-state index contributed by atoms with van der Waals surface area (Å²) in [5.74, 6) is 1.05. The van der Waals surface area contributed by atoms with Crippen LogP contribution < -0.4 is 5.32 Å². The number of hydrogen-bond acceptors (Lipinski definition) is 3. The van der Waals surface area contributed by atoms with Crippen molar-refractivity contribution in [2.75, 3.05) is 19.7 Å². The number of carbonyl (C=O) groups excluding carboxylic acids is 1. The van der Waals surface area contributed by atoms with Crippen molar-refractivity contribution in [1.29, 1.82) is 0 Å². The van der Waals surface area contributed by atoms with Crippen molar-refractivity contribution in [3.63, 3.8) is 0 Å². The van der Waals surface area contributed by atoms with Gasteiger partial charge in [-0.15, -0.1) is 0 Å². The first kappa shape index (κ1) is 9.97. The van der Waals surface area contributed by atoms with Crippen molar-refractivity contribution in [2.45, 2.75) is 32.1 Å². The predicted octanol–water partition coefficient (Wildman–Crippen LogP) is 1.33. The summed E-state index contributed by atoms with van der Waals surface area (Å²) in [6, 6.07) is 0. The minimum Gasteiger partial charge on any atom is -0.465 e. The van der Waals surface area contributed by atoms with E-state index in [1.54, 1.807) is 0 Å². The van der Waals surface area contributed by atoms with E-state index < -0.39 is 0 Å². The van der Waals surface area contributed by atoms with Crippen LogP contribution in [0.2, 0.25) is 0 Å². The minimum atomic E-state index is 0.0344. The molecule has 0 unspecified atom stereocenters. The van der Waals surface area contributed by atoms with Gasteiger partial charge in [-0.2, -0.15) is 0 Å². The van der Waals surface area contributed by atoms with Gasteiger partial charge in [-0.1, -0.05) is 12.8 Å². The molecule has 0 spiro atoms. The van der Waals surface area contributed by atoms with E-state index in [2.05, 4.69) is 5.32 Å². The lowest BCUT2D eigenvalue weighted by atomic mass is 9.99. The summed E-state index contributed by atoms with van der Waals surface area (Å²) in [6.45, 7) is 2.57. The van der Waals surface area contributed by atoms with Crippen molar-refractivity contribution in [1.82, 2.24) is 5.32 Å². The van der Waals surface area contributed by atoms with Crippen molar-refractivity contribution in [2.24, 2.45) is 11.8 Å². The molecule has 1 N–H and O–H groups in total. The number of nitrogens with one attached hydrogen (secondary N) is 1. The van der Waals surface area contributed by atoms with E-state index in [1.165, 1.54) is 12.8 Å². The second-order valence-electron chi connectivity index (χ2n) is 4.42. The van der Waals surface area contributed by atoms with E-state index in [0.29, 0.717) is 6.61 Å². The van der Waals surface area contributed by atoms with E-state index in [9.17, 15) is 4.79 Å². The van der Waals surface area contributed by atoms with Gasteiger partial charge in [0.15, 0.2) is 0 Å². The second-order valence-corrected chi connectivity index (χ2v) is 4.42. The molecule has 1 saturated carbocycles. The normalized spacial score (nSPS) is 23.4. The molecule has 80 valence electrons. The Labute approximate surface area is 85.2 Å². The first-order valence-corrected chi connectivity index (χ1v) is 5.73. The molecule has 1 saturated heterocycles. The number of carbonyl (C=O) groups is 1. The second kappa shape index (κ2) is 4.78. The first-order chi connectivity index (χ1) is 6.86. The Kier molecular flexibility index (Phi) is 3.40. The maximum atomic E-state index is 11.5. The van der Waals surface area contributed by atoms with E-state index in [-0.39, 0.29) is 11.9 Å². The lowest BCUT2D eigenvalue weighted by Crippen LogP contribution is -2.32. The maximum absolute atomic E-state index is 11.5. The van der Waals surface area contributed by atoms with Gasteiger partial charge in [0.1, 0.15) is 0 Å². The number of ether oxygens (including phenoxy) is 1. The number of piperidine rings is 1. The van der Waals surface area contributed by atoms with Crippen LogP contribution in [0.15, 0.2) is 0 Å². The van der Waals surface area contributed by atoms with Crippen LogP contribution in [-0.2, 0) is 9.53 Å². The lowest BCUT2D eigenvalue weighted by Gasteiger charge is -2.20. The average Bonchev–Trinajstić information content (AvgIpc) is 3.03. The molecule has 1 aliphatic heterocycles. The Morgan fingerprint density at radius 3 is 2.57 bits per heavy atom. The maximum Gasteiger partial charge on any atom is 0.309 e. The van der Waals surface area contributed by atoms with Crippen molar-refractivity contribution in [3.8, 4) is 0 Å². The zero-order valence-electron chi connectivity index (χ0n) is 8.63. The molecule has 2 fully saturated rings. The van der Waals surface area contributed by atoms with Gasteiger partial charge in [0.2, 0.25) is 0 Å². The quantitative estimate of drug-likeness (QED) is 0.691. The fourth-order valence-electron chi connectivity index (χ4n) is 1.91. The summed E-state index contributed by atoms with van der Waals surface area (Å²) in [6.07, 6.45) is 5.65. The molecule has 2 rings (SSSR count).